The Hall–Kier alpha value is -1.83. The van der Waals surface area contributed by atoms with Crippen molar-refractivity contribution in [3.05, 3.63) is 63.4 Å². The number of nitrogens with zero attached hydrogens (tertiary/aromatic N) is 4. The van der Waals surface area contributed by atoms with E-state index in [4.69, 9.17) is 34.8 Å². The Morgan fingerprint density at radius 2 is 1.60 bits per heavy atom. The van der Waals surface area contributed by atoms with Crippen LogP contribution in [0.25, 0.3) is 17.1 Å². The van der Waals surface area contributed by atoms with Crippen molar-refractivity contribution < 1.29 is 4.79 Å². The standard InChI is InChI=1S/C20H18Cl3N5O.ClH/c21-13-4-7-15(8-5-13)28-19(16-9-6-14(22)12-17(16)23)24-18(25-28)20(29)26-27-10-2-1-3-11-27;/h4-9,12H,1-3,10-11H2,(H,26,29);1H. The first-order valence-corrected chi connectivity index (χ1v) is 10.4. The van der Waals surface area contributed by atoms with Crippen molar-refractivity contribution >= 4 is 53.1 Å². The fourth-order valence-corrected chi connectivity index (χ4v) is 3.83. The highest BCUT2D eigenvalue weighted by Crippen LogP contribution is 2.31. The Kier molecular flexibility index (Phi) is 7.60. The van der Waals surface area contributed by atoms with E-state index < -0.39 is 0 Å². The van der Waals surface area contributed by atoms with Crippen LogP contribution in [0.1, 0.15) is 29.9 Å². The van der Waals surface area contributed by atoms with E-state index in [1.807, 2.05) is 5.01 Å². The summed E-state index contributed by atoms with van der Waals surface area (Å²) in [6.07, 6.45) is 3.28. The van der Waals surface area contributed by atoms with Gasteiger partial charge in [-0.15, -0.1) is 17.5 Å². The first kappa shape index (κ1) is 22.8. The molecule has 0 spiro atoms. The predicted molar refractivity (Wildman–Crippen MR) is 122 cm³/mol. The van der Waals surface area contributed by atoms with Gasteiger partial charge in [-0.3, -0.25) is 10.2 Å². The number of rotatable bonds is 4. The number of hydrogen-bond donors (Lipinski definition) is 1. The van der Waals surface area contributed by atoms with Crippen molar-refractivity contribution in [1.29, 1.82) is 0 Å². The van der Waals surface area contributed by atoms with Crippen LogP contribution in [0.3, 0.4) is 0 Å². The molecule has 1 aliphatic rings. The summed E-state index contributed by atoms with van der Waals surface area (Å²) in [5.74, 6) is 0.148. The minimum Gasteiger partial charge on any atom is -0.282 e. The molecule has 4 rings (SSSR count). The molecule has 3 aromatic rings. The molecule has 10 heteroatoms. The zero-order chi connectivity index (χ0) is 20.4. The summed E-state index contributed by atoms with van der Waals surface area (Å²) in [5.41, 5.74) is 4.22. The summed E-state index contributed by atoms with van der Waals surface area (Å²) < 4.78 is 1.58. The lowest BCUT2D eigenvalue weighted by Crippen LogP contribution is -2.45. The van der Waals surface area contributed by atoms with E-state index in [2.05, 4.69) is 15.5 Å². The lowest BCUT2D eigenvalue weighted by Gasteiger charge is -2.26. The van der Waals surface area contributed by atoms with Gasteiger partial charge in [0, 0.05) is 28.7 Å². The van der Waals surface area contributed by atoms with E-state index in [-0.39, 0.29) is 24.1 Å². The summed E-state index contributed by atoms with van der Waals surface area (Å²) >= 11 is 18.4. The number of piperidine rings is 1. The van der Waals surface area contributed by atoms with Crippen LogP contribution in [-0.4, -0.2) is 38.8 Å². The molecule has 1 amide bonds. The van der Waals surface area contributed by atoms with E-state index >= 15 is 0 Å². The molecule has 0 radical (unpaired) electrons. The number of amides is 1. The summed E-state index contributed by atoms with van der Waals surface area (Å²) in [7, 11) is 0. The van der Waals surface area contributed by atoms with Crippen LogP contribution in [0.15, 0.2) is 42.5 Å². The topological polar surface area (TPSA) is 63.1 Å². The third-order valence-electron chi connectivity index (χ3n) is 4.67. The van der Waals surface area contributed by atoms with E-state index in [9.17, 15) is 4.79 Å². The zero-order valence-electron chi connectivity index (χ0n) is 15.8. The summed E-state index contributed by atoms with van der Waals surface area (Å²) in [6, 6.07) is 12.2. The van der Waals surface area contributed by atoms with Gasteiger partial charge in [-0.25, -0.2) is 14.7 Å². The van der Waals surface area contributed by atoms with Crippen LogP contribution in [-0.2, 0) is 0 Å². The van der Waals surface area contributed by atoms with E-state index in [1.165, 1.54) is 6.42 Å². The van der Waals surface area contributed by atoms with Crippen molar-refractivity contribution in [2.75, 3.05) is 13.1 Å². The Labute approximate surface area is 195 Å². The Balaban J connectivity index is 0.00000256. The van der Waals surface area contributed by atoms with Gasteiger partial charge in [0.15, 0.2) is 5.82 Å². The molecule has 1 saturated heterocycles. The highest BCUT2D eigenvalue weighted by atomic mass is 35.5. The fraction of sp³-hybridized carbons (Fsp3) is 0.250. The number of hydrogen-bond acceptors (Lipinski definition) is 4. The van der Waals surface area contributed by atoms with Gasteiger partial charge in [0.25, 0.3) is 0 Å². The summed E-state index contributed by atoms with van der Waals surface area (Å²) in [6.45, 7) is 1.64. The van der Waals surface area contributed by atoms with Crippen LogP contribution >= 0.6 is 47.2 Å². The van der Waals surface area contributed by atoms with Gasteiger partial charge in [0.2, 0.25) is 5.82 Å². The summed E-state index contributed by atoms with van der Waals surface area (Å²) in [4.78, 5) is 17.3. The molecule has 0 atom stereocenters. The molecule has 2 aromatic carbocycles. The first-order valence-electron chi connectivity index (χ1n) is 9.25. The van der Waals surface area contributed by atoms with Crippen LogP contribution in [0.2, 0.25) is 15.1 Å². The summed E-state index contributed by atoms with van der Waals surface area (Å²) in [5, 5.41) is 7.89. The minimum absolute atomic E-state index is 0. The van der Waals surface area contributed by atoms with Crippen LogP contribution < -0.4 is 5.43 Å². The maximum Gasteiger partial charge on any atom is 0.305 e. The van der Waals surface area contributed by atoms with Crippen molar-refractivity contribution in [2.24, 2.45) is 0 Å². The van der Waals surface area contributed by atoms with Crippen molar-refractivity contribution in [3.8, 4) is 17.1 Å². The first-order chi connectivity index (χ1) is 14.0. The third kappa shape index (κ3) is 5.07. The SMILES string of the molecule is Cl.O=C(NN1CCCCC1)c1nc(-c2ccc(Cl)cc2Cl)n(-c2ccc(Cl)cc2)n1. The number of carbonyl (C=O) groups is 1. The average molecular weight is 487 g/mol. The molecule has 2 heterocycles. The quantitative estimate of drug-likeness (QED) is 0.532. The average Bonchev–Trinajstić information content (AvgIpc) is 3.14. The van der Waals surface area contributed by atoms with E-state index in [0.29, 0.717) is 32.1 Å². The van der Waals surface area contributed by atoms with Crippen molar-refractivity contribution in [3.63, 3.8) is 0 Å². The second-order valence-corrected chi connectivity index (χ2v) is 8.04. The smallest absolute Gasteiger partial charge is 0.282 e. The molecule has 0 unspecified atom stereocenters. The zero-order valence-corrected chi connectivity index (χ0v) is 18.9. The van der Waals surface area contributed by atoms with Gasteiger partial charge >= 0.3 is 5.91 Å². The van der Waals surface area contributed by atoms with Crippen LogP contribution in [0, 0.1) is 0 Å². The molecule has 1 aromatic heterocycles. The monoisotopic (exact) mass is 485 g/mol. The Morgan fingerprint density at radius 3 is 2.27 bits per heavy atom. The number of nitrogens with one attached hydrogen (secondary N) is 1. The normalized spacial score (nSPS) is 14.2. The van der Waals surface area contributed by atoms with Gasteiger partial charge in [0.1, 0.15) is 0 Å². The number of halogens is 4. The van der Waals surface area contributed by atoms with Gasteiger partial charge < -0.3 is 0 Å². The van der Waals surface area contributed by atoms with Gasteiger partial charge in [-0.1, -0.05) is 41.2 Å². The molecule has 0 bridgehead atoms. The number of carbonyl (C=O) groups excluding carboxylic acids is 1. The largest absolute Gasteiger partial charge is 0.305 e. The molecular weight excluding hydrogens is 468 g/mol. The minimum atomic E-state index is -0.356. The molecule has 1 aliphatic heterocycles. The predicted octanol–water partition coefficient (Wildman–Crippen LogP) is 5.45. The second kappa shape index (κ2) is 9.98. The third-order valence-corrected chi connectivity index (χ3v) is 5.47. The van der Waals surface area contributed by atoms with Crippen molar-refractivity contribution in [1.82, 2.24) is 25.2 Å². The van der Waals surface area contributed by atoms with Crippen molar-refractivity contribution in [2.45, 2.75) is 19.3 Å². The number of benzene rings is 2. The molecule has 30 heavy (non-hydrogen) atoms. The lowest BCUT2D eigenvalue weighted by molar-refractivity contribution is 0.0739. The van der Waals surface area contributed by atoms with E-state index in [0.717, 1.165) is 25.9 Å². The Bertz CT molecular complexity index is 1030. The molecule has 1 N–H and O–H groups in total. The van der Waals surface area contributed by atoms with Gasteiger partial charge in [0.05, 0.1) is 10.7 Å². The highest BCUT2D eigenvalue weighted by molar-refractivity contribution is 6.36. The lowest BCUT2D eigenvalue weighted by atomic mass is 10.2. The molecule has 6 nitrogen and oxygen atoms in total. The highest BCUT2D eigenvalue weighted by Gasteiger charge is 2.22. The van der Waals surface area contributed by atoms with Gasteiger partial charge in [-0.2, -0.15) is 0 Å². The number of aromatic nitrogens is 3. The van der Waals surface area contributed by atoms with Gasteiger partial charge in [-0.05, 0) is 55.3 Å². The maximum atomic E-state index is 12.8. The Morgan fingerprint density at radius 1 is 0.933 bits per heavy atom. The van der Waals surface area contributed by atoms with Crippen LogP contribution in [0.5, 0.6) is 0 Å². The molecule has 0 aliphatic carbocycles. The molecular formula is C20H19Cl4N5O. The van der Waals surface area contributed by atoms with E-state index in [1.54, 1.807) is 47.1 Å². The fourth-order valence-electron chi connectivity index (χ4n) is 3.22. The second-order valence-electron chi connectivity index (χ2n) is 6.76. The number of hydrazine groups is 1. The molecule has 158 valence electrons. The molecule has 0 saturated carbocycles. The van der Waals surface area contributed by atoms with Crippen LogP contribution in [0.4, 0.5) is 0 Å². The molecule has 1 fully saturated rings. The maximum absolute atomic E-state index is 12.8.